The van der Waals surface area contributed by atoms with Crippen molar-refractivity contribution in [2.24, 2.45) is 5.92 Å². The first-order valence-corrected chi connectivity index (χ1v) is 8.08. The summed E-state index contributed by atoms with van der Waals surface area (Å²) in [5.41, 5.74) is 2.55. The average Bonchev–Trinajstić information content (AvgIpc) is 2.98. The number of rotatable bonds is 5. The molecule has 2 aromatic carbocycles. The van der Waals surface area contributed by atoms with Gasteiger partial charge in [0.05, 0.1) is 13.2 Å². The Labute approximate surface area is 138 Å². The maximum atomic E-state index is 9.19. The summed E-state index contributed by atoms with van der Waals surface area (Å²) in [6.07, 6.45) is 0.591. The number of likely N-dealkylation sites (tertiary alicyclic amines) is 1. The number of para-hydroxylation sites is 1. The van der Waals surface area contributed by atoms with E-state index >= 15 is 0 Å². The standard InChI is InChI=1S/C20H22N2O/c1-23-20-10-6-5-9-18(20)19-15-22(14-17(19)11-12-21)13-16-7-3-2-4-8-16/h2-10,17,19H,11,13-15H2,1H3/t17-,19+/m1/s1. The molecule has 118 valence electrons. The van der Waals surface area contributed by atoms with Gasteiger partial charge in [-0.3, -0.25) is 4.90 Å². The van der Waals surface area contributed by atoms with Gasteiger partial charge < -0.3 is 4.74 Å². The van der Waals surface area contributed by atoms with Gasteiger partial charge in [-0.25, -0.2) is 0 Å². The number of nitrogens with zero attached hydrogens (tertiary/aromatic N) is 2. The molecule has 23 heavy (non-hydrogen) atoms. The molecule has 2 atom stereocenters. The smallest absolute Gasteiger partial charge is 0.122 e. The Hall–Kier alpha value is -2.31. The van der Waals surface area contributed by atoms with E-state index in [1.807, 2.05) is 18.2 Å². The highest BCUT2D eigenvalue weighted by Crippen LogP contribution is 2.39. The lowest BCUT2D eigenvalue weighted by Crippen LogP contribution is -2.20. The van der Waals surface area contributed by atoms with Crippen LogP contribution in [0.25, 0.3) is 0 Å². The number of benzene rings is 2. The van der Waals surface area contributed by atoms with E-state index in [1.165, 1.54) is 11.1 Å². The molecule has 0 saturated carbocycles. The van der Waals surface area contributed by atoms with Crippen molar-refractivity contribution in [3.63, 3.8) is 0 Å². The van der Waals surface area contributed by atoms with Crippen molar-refractivity contribution in [1.82, 2.24) is 4.90 Å². The molecule has 3 rings (SSSR count). The Morgan fingerprint density at radius 3 is 2.57 bits per heavy atom. The molecule has 0 aromatic heterocycles. The molecule has 1 aliphatic heterocycles. The van der Waals surface area contributed by atoms with Gasteiger partial charge in [0.15, 0.2) is 0 Å². The molecule has 0 aliphatic carbocycles. The molecule has 2 aromatic rings. The van der Waals surface area contributed by atoms with Gasteiger partial charge in [0.1, 0.15) is 5.75 Å². The third-order valence-electron chi connectivity index (χ3n) is 4.66. The van der Waals surface area contributed by atoms with Crippen LogP contribution in [0, 0.1) is 17.2 Å². The molecular formula is C20H22N2O. The van der Waals surface area contributed by atoms with Gasteiger partial charge in [0, 0.05) is 32.0 Å². The average molecular weight is 306 g/mol. The first-order chi connectivity index (χ1) is 11.3. The summed E-state index contributed by atoms with van der Waals surface area (Å²) in [5.74, 6) is 1.65. The van der Waals surface area contributed by atoms with Crippen LogP contribution in [-0.2, 0) is 6.54 Å². The minimum absolute atomic E-state index is 0.356. The summed E-state index contributed by atoms with van der Waals surface area (Å²) in [7, 11) is 1.72. The minimum Gasteiger partial charge on any atom is -0.496 e. The van der Waals surface area contributed by atoms with Crippen LogP contribution in [0.4, 0.5) is 0 Å². The molecule has 1 fully saturated rings. The highest BCUT2D eigenvalue weighted by atomic mass is 16.5. The van der Waals surface area contributed by atoms with Gasteiger partial charge in [0.2, 0.25) is 0 Å². The molecule has 0 amide bonds. The van der Waals surface area contributed by atoms with Crippen molar-refractivity contribution in [2.45, 2.75) is 18.9 Å². The lowest BCUT2D eigenvalue weighted by molar-refractivity contribution is 0.316. The van der Waals surface area contributed by atoms with E-state index in [0.29, 0.717) is 18.3 Å². The van der Waals surface area contributed by atoms with Crippen LogP contribution in [0.3, 0.4) is 0 Å². The molecule has 0 spiro atoms. The van der Waals surface area contributed by atoms with E-state index in [-0.39, 0.29) is 0 Å². The van der Waals surface area contributed by atoms with Crippen molar-refractivity contribution in [3.05, 3.63) is 65.7 Å². The number of hydrogen-bond acceptors (Lipinski definition) is 3. The van der Waals surface area contributed by atoms with Crippen molar-refractivity contribution in [2.75, 3.05) is 20.2 Å². The van der Waals surface area contributed by atoms with E-state index in [4.69, 9.17) is 4.74 Å². The Kier molecular flexibility index (Phi) is 4.95. The summed E-state index contributed by atoms with van der Waals surface area (Å²) < 4.78 is 5.54. The predicted octanol–water partition coefficient (Wildman–Crippen LogP) is 3.82. The number of ether oxygens (including phenoxy) is 1. The van der Waals surface area contributed by atoms with Crippen molar-refractivity contribution >= 4 is 0 Å². The van der Waals surface area contributed by atoms with E-state index in [9.17, 15) is 5.26 Å². The first-order valence-electron chi connectivity index (χ1n) is 8.08. The van der Waals surface area contributed by atoms with Gasteiger partial charge in [-0.05, 0) is 23.1 Å². The van der Waals surface area contributed by atoms with E-state index < -0.39 is 0 Å². The zero-order valence-electron chi connectivity index (χ0n) is 13.5. The Balaban J connectivity index is 1.80. The molecule has 0 bridgehead atoms. The third kappa shape index (κ3) is 3.55. The Morgan fingerprint density at radius 2 is 1.83 bits per heavy atom. The molecule has 0 N–H and O–H groups in total. The fourth-order valence-electron chi connectivity index (χ4n) is 3.58. The predicted molar refractivity (Wildman–Crippen MR) is 91.2 cm³/mol. The molecule has 0 unspecified atom stereocenters. The second-order valence-corrected chi connectivity index (χ2v) is 6.15. The lowest BCUT2D eigenvalue weighted by atomic mass is 9.86. The monoisotopic (exact) mass is 306 g/mol. The zero-order chi connectivity index (χ0) is 16.1. The second-order valence-electron chi connectivity index (χ2n) is 6.15. The third-order valence-corrected chi connectivity index (χ3v) is 4.66. The molecule has 3 nitrogen and oxygen atoms in total. The van der Waals surface area contributed by atoms with E-state index in [2.05, 4.69) is 47.4 Å². The molecule has 3 heteroatoms. The number of methoxy groups -OCH3 is 1. The van der Waals surface area contributed by atoms with Gasteiger partial charge in [-0.15, -0.1) is 0 Å². The maximum Gasteiger partial charge on any atom is 0.122 e. The molecule has 1 aliphatic rings. The number of nitriles is 1. The topological polar surface area (TPSA) is 36.3 Å². The zero-order valence-corrected chi connectivity index (χ0v) is 13.5. The molecule has 0 radical (unpaired) electrons. The number of hydrogen-bond donors (Lipinski definition) is 0. The van der Waals surface area contributed by atoms with Crippen molar-refractivity contribution < 1.29 is 4.74 Å². The highest BCUT2D eigenvalue weighted by Gasteiger charge is 2.34. The minimum atomic E-state index is 0.356. The van der Waals surface area contributed by atoms with Crippen LogP contribution < -0.4 is 4.74 Å². The summed E-state index contributed by atoms with van der Waals surface area (Å²) in [5, 5.41) is 9.19. The van der Waals surface area contributed by atoms with Gasteiger partial charge in [-0.2, -0.15) is 5.26 Å². The largest absolute Gasteiger partial charge is 0.496 e. The highest BCUT2D eigenvalue weighted by molar-refractivity contribution is 5.38. The summed E-state index contributed by atoms with van der Waals surface area (Å²) in [6, 6.07) is 21.1. The van der Waals surface area contributed by atoms with Gasteiger partial charge in [0.25, 0.3) is 0 Å². The molecule has 1 saturated heterocycles. The second kappa shape index (κ2) is 7.30. The quantitative estimate of drug-likeness (QED) is 0.842. The van der Waals surface area contributed by atoms with Gasteiger partial charge >= 0.3 is 0 Å². The van der Waals surface area contributed by atoms with Crippen LogP contribution in [0.2, 0.25) is 0 Å². The van der Waals surface area contributed by atoms with Crippen LogP contribution in [0.1, 0.15) is 23.5 Å². The molecular weight excluding hydrogens is 284 g/mol. The SMILES string of the molecule is COc1ccccc1[C@H]1CN(Cc2ccccc2)C[C@H]1CC#N. The maximum absolute atomic E-state index is 9.19. The lowest BCUT2D eigenvalue weighted by Gasteiger charge is -2.19. The van der Waals surface area contributed by atoms with Crippen LogP contribution in [-0.4, -0.2) is 25.1 Å². The Morgan fingerprint density at radius 1 is 1.09 bits per heavy atom. The Bertz CT molecular complexity index is 678. The fourth-order valence-corrected chi connectivity index (χ4v) is 3.58. The van der Waals surface area contributed by atoms with Crippen LogP contribution in [0.5, 0.6) is 5.75 Å². The van der Waals surface area contributed by atoms with E-state index in [0.717, 1.165) is 25.4 Å². The van der Waals surface area contributed by atoms with Crippen molar-refractivity contribution in [3.8, 4) is 11.8 Å². The normalized spacial score (nSPS) is 21.0. The van der Waals surface area contributed by atoms with Crippen LogP contribution >= 0.6 is 0 Å². The van der Waals surface area contributed by atoms with Crippen molar-refractivity contribution in [1.29, 1.82) is 5.26 Å². The molecule has 1 heterocycles. The fraction of sp³-hybridized carbons (Fsp3) is 0.350. The van der Waals surface area contributed by atoms with Gasteiger partial charge in [-0.1, -0.05) is 48.5 Å². The summed E-state index contributed by atoms with van der Waals surface area (Å²) in [4.78, 5) is 2.45. The van der Waals surface area contributed by atoms with E-state index in [1.54, 1.807) is 7.11 Å². The summed E-state index contributed by atoms with van der Waals surface area (Å²) >= 11 is 0. The van der Waals surface area contributed by atoms with Crippen LogP contribution in [0.15, 0.2) is 54.6 Å². The first kappa shape index (κ1) is 15.6. The summed E-state index contributed by atoms with van der Waals surface area (Å²) in [6.45, 7) is 2.88.